The Morgan fingerprint density at radius 3 is 2.55 bits per heavy atom. The molecule has 1 aliphatic rings. The number of sulfonamides is 1. The van der Waals surface area contributed by atoms with Crippen molar-refractivity contribution < 1.29 is 23.0 Å². The van der Waals surface area contributed by atoms with Crippen molar-refractivity contribution in [3.63, 3.8) is 0 Å². The lowest BCUT2D eigenvalue weighted by molar-refractivity contribution is 0.0402. The van der Waals surface area contributed by atoms with Gasteiger partial charge in [-0.1, -0.05) is 18.5 Å². The van der Waals surface area contributed by atoms with Gasteiger partial charge in [-0.15, -0.1) is 0 Å². The fourth-order valence-corrected chi connectivity index (χ4v) is 6.51. The molecule has 1 saturated heterocycles. The Balaban J connectivity index is 1.72. The minimum absolute atomic E-state index is 0.111. The highest BCUT2D eigenvalue weighted by molar-refractivity contribution is 7.88. The van der Waals surface area contributed by atoms with Gasteiger partial charge in [0.2, 0.25) is 16.0 Å². The second-order valence-corrected chi connectivity index (χ2v) is 12.9. The van der Waals surface area contributed by atoms with Gasteiger partial charge in [0.15, 0.2) is 5.82 Å². The van der Waals surface area contributed by atoms with Gasteiger partial charge in [-0.3, -0.25) is 0 Å². The van der Waals surface area contributed by atoms with Gasteiger partial charge in [0, 0.05) is 18.2 Å². The van der Waals surface area contributed by atoms with Gasteiger partial charge in [0.1, 0.15) is 16.9 Å². The van der Waals surface area contributed by atoms with Gasteiger partial charge < -0.3 is 20.1 Å². The van der Waals surface area contributed by atoms with Crippen molar-refractivity contribution in [3.05, 3.63) is 35.0 Å². The molecule has 0 unspecified atom stereocenters. The summed E-state index contributed by atoms with van der Waals surface area (Å²) in [6, 6.07) is 1.83. The van der Waals surface area contributed by atoms with Gasteiger partial charge >= 0.3 is 0 Å². The molecule has 208 valence electrons. The van der Waals surface area contributed by atoms with Crippen molar-refractivity contribution >= 4 is 38.6 Å². The molecule has 10 nitrogen and oxygen atoms in total. The number of hydrogen-bond acceptors (Lipinski definition) is 8. The lowest BCUT2D eigenvalue weighted by atomic mass is 9.94. The monoisotopic (exact) mass is 568 g/mol. The number of nitrogens with one attached hydrogen (secondary N) is 1. The number of aromatic nitrogens is 4. The Hall–Kier alpha value is -2.38. The Bertz CT molecular complexity index is 1460. The minimum Gasteiger partial charge on any atom is -0.389 e. The molecule has 1 aliphatic heterocycles. The van der Waals surface area contributed by atoms with E-state index in [1.165, 1.54) is 16.6 Å². The first-order chi connectivity index (χ1) is 17.6. The van der Waals surface area contributed by atoms with Crippen LogP contribution in [-0.2, 0) is 15.6 Å². The van der Waals surface area contributed by atoms with Crippen LogP contribution < -0.4 is 5.32 Å². The molecule has 3 N–H and O–H groups in total. The first-order valence-corrected chi connectivity index (χ1v) is 14.7. The van der Waals surface area contributed by atoms with Crippen LogP contribution in [0, 0.1) is 5.82 Å². The summed E-state index contributed by atoms with van der Waals surface area (Å²) in [6.07, 6.45) is 2.33. The van der Waals surface area contributed by atoms with E-state index in [0.717, 1.165) is 6.26 Å². The molecular formula is C25H34ClFN6O4S. The van der Waals surface area contributed by atoms with Crippen molar-refractivity contribution in [1.82, 2.24) is 23.8 Å². The molecule has 0 amide bonds. The normalized spacial score (nSPS) is 21.4. The maximum Gasteiger partial charge on any atom is 0.223 e. The van der Waals surface area contributed by atoms with Crippen LogP contribution in [0.1, 0.15) is 59.3 Å². The summed E-state index contributed by atoms with van der Waals surface area (Å²) in [5, 5.41) is 24.9. The van der Waals surface area contributed by atoms with Gasteiger partial charge in [0.05, 0.1) is 46.9 Å². The van der Waals surface area contributed by atoms with Gasteiger partial charge in [-0.25, -0.2) is 27.8 Å². The lowest BCUT2D eigenvalue weighted by Gasteiger charge is -2.41. The second kappa shape index (κ2) is 10.3. The smallest absolute Gasteiger partial charge is 0.223 e. The number of rotatable bonds is 7. The average molecular weight is 569 g/mol. The van der Waals surface area contributed by atoms with Crippen LogP contribution in [0.5, 0.6) is 0 Å². The summed E-state index contributed by atoms with van der Waals surface area (Å²) in [5.74, 6) is -0.0679. The van der Waals surface area contributed by atoms with Crippen LogP contribution in [0.4, 0.5) is 10.3 Å². The molecule has 1 fully saturated rings. The van der Waals surface area contributed by atoms with E-state index in [-0.39, 0.29) is 34.8 Å². The van der Waals surface area contributed by atoms with Crippen molar-refractivity contribution in [2.75, 3.05) is 18.1 Å². The molecule has 3 heterocycles. The molecule has 4 rings (SSSR count). The van der Waals surface area contributed by atoms with E-state index >= 15 is 4.39 Å². The molecule has 3 aromatic rings. The maximum atomic E-state index is 15.3. The van der Waals surface area contributed by atoms with E-state index in [4.69, 9.17) is 11.6 Å². The summed E-state index contributed by atoms with van der Waals surface area (Å²) in [6.45, 7) is 9.11. The average Bonchev–Trinajstić information content (AvgIpc) is 3.22. The zero-order valence-electron chi connectivity index (χ0n) is 22.3. The maximum absolute atomic E-state index is 15.3. The van der Waals surface area contributed by atoms with Crippen molar-refractivity contribution in [1.29, 1.82) is 0 Å². The highest BCUT2D eigenvalue weighted by atomic mass is 35.5. The van der Waals surface area contributed by atoms with Crippen LogP contribution in [0.15, 0.2) is 18.3 Å². The van der Waals surface area contributed by atoms with E-state index < -0.39 is 39.6 Å². The molecule has 0 radical (unpaired) electrons. The van der Waals surface area contributed by atoms with E-state index in [9.17, 15) is 18.6 Å². The third-order valence-corrected chi connectivity index (χ3v) is 8.41. The zero-order chi connectivity index (χ0) is 28.2. The van der Waals surface area contributed by atoms with E-state index in [1.54, 1.807) is 24.5 Å². The first kappa shape index (κ1) is 28.6. The fraction of sp³-hybridized carbons (Fsp3) is 0.560. The van der Waals surface area contributed by atoms with Crippen LogP contribution in [0.2, 0.25) is 5.02 Å². The standard InChI is InChI=1S/C25H34ClFN6O4S/c1-7-18-22(34)17(8-9-32(18)38(6,36)37)29-24-28-12-15(26)20(31-24)14-10-16(27)21-19(11-14)33(13(2)3)23(30-21)25(4,5)35/h10-13,17-18,22,34-35H,7-9H2,1-6H3,(H,28,29,31)/t17-,18-,22+/m1/s1. The third kappa shape index (κ3) is 5.37. The largest absolute Gasteiger partial charge is 0.389 e. The molecule has 0 spiro atoms. The number of benzene rings is 1. The number of piperidine rings is 1. The van der Waals surface area contributed by atoms with Crippen molar-refractivity contribution in [2.45, 2.75) is 77.3 Å². The summed E-state index contributed by atoms with van der Waals surface area (Å²) in [5.41, 5.74) is 0.0126. The van der Waals surface area contributed by atoms with Crippen molar-refractivity contribution in [3.8, 4) is 11.3 Å². The van der Waals surface area contributed by atoms with Crippen LogP contribution in [0.3, 0.4) is 0 Å². The van der Waals surface area contributed by atoms with Crippen LogP contribution >= 0.6 is 11.6 Å². The Kier molecular flexibility index (Phi) is 7.76. The molecule has 0 aliphatic carbocycles. The molecule has 0 saturated carbocycles. The van der Waals surface area contributed by atoms with Crippen molar-refractivity contribution in [2.24, 2.45) is 0 Å². The minimum atomic E-state index is -3.47. The molecule has 13 heteroatoms. The van der Waals surface area contributed by atoms with Crippen LogP contribution in [0.25, 0.3) is 22.3 Å². The highest BCUT2D eigenvalue weighted by Gasteiger charge is 2.40. The lowest BCUT2D eigenvalue weighted by Crippen LogP contribution is -2.58. The predicted octanol–water partition coefficient (Wildman–Crippen LogP) is 3.68. The summed E-state index contributed by atoms with van der Waals surface area (Å²) >= 11 is 6.44. The Morgan fingerprint density at radius 2 is 1.97 bits per heavy atom. The first-order valence-electron chi connectivity index (χ1n) is 12.5. The van der Waals surface area contributed by atoms with Crippen LogP contribution in [-0.4, -0.2) is 73.4 Å². The fourth-order valence-electron chi connectivity index (χ4n) is 5.10. The van der Waals surface area contributed by atoms with E-state index in [0.29, 0.717) is 29.7 Å². The molecule has 3 atom stereocenters. The second-order valence-electron chi connectivity index (χ2n) is 10.6. The number of aliphatic hydroxyl groups is 2. The Labute approximate surface area is 226 Å². The SMILES string of the molecule is CC[C@@H]1[C@@H](O)[C@H](Nc2ncc(Cl)c(-c3cc(F)c4nc(C(C)(C)O)n(C(C)C)c4c3)n2)CCN1S(C)(=O)=O. The Morgan fingerprint density at radius 1 is 1.29 bits per heavy atom. The van der Waals surface area contributed by atoms with Gasteiger partial charge in [0.25, 0.3) is 0 Å². The molecule has 0 bridgehead atoms. The zero-order valence-corrected chi connectivity index (χ0v) is 23.8. The quantitative estimate of drug-likeness (QED) is 0.393. The number of fused-ring (bicyclic) bond motifs is 1. The number of anilines is 1. The van der Waals surface area contributed by atoms with E-state index in [2.05, 4.69) is 20.3 Å². The molecule has 1 aromatic carbocycles. The molecular weight excluding hydrogens is 535 g/mol. The number of hydrogen-bond donors (Lipinski definition) is 3. The molecule has 2 aromatic heterocycles. The molecule has 38 heavy (non-hydrogen) atoms. The number of imidazole rings is 1. The number of aliphatic hydroxyl groups excluding tert-OH is 1. The number of halogens is 2. The highest BCUT2D eigenvalue weighted by Crippen LogP contribution is 2.35. The summed E-state index contributed by atoms with van der Waals surface area (Å²) < 4.78 is 42.7. The summed E-state index contributed by atoms with van der Waals surface area (Å²) in [4.78, 5) is 13.2. The third-order valence-electron chi connectivity index (χ3n) is 6.83. The number of nitrogens with zero attached hydrogens (tertiary/aromatic N) is 5. The summed E-state index contributed by atoms with van der Waals surface area (Å²) in [7, 11) is -3.47. The van der Waals surface area contributed by atoms with E-state index in [1.807, 2.05) is 20.8 Å². The van der Waals surface area contributed by atoms with Gasteiger partial charge in [-0.05, 0) is 52.7 Å². The topological polar surface area (TPSA) is 133 Å². The predicted molar refractivity (Wildman–Crippen MR) is 145 cm³/mol. The van der Waals surface area contributed by atoms with Gasteiger partial charge in [-0.2, -0.15) is 4.31 Å².